The predicted molar refractivity (Wildman–Crippen MR) is 97.0 cm³/mol. The number of imidazole rings is 1. The molecule has 1 saturated heterocycles. The third-order valence-corrected chi connectivity index (χ3v) is 5.55. The number of carbonyl (C=O) groups excluding carboxylic acids is 1. The summed E-state index contributed by atoms with van der Waals surface area (Å²) in [6.45, 7) is 4.31. The lowest BCUT2D eigenvalue weighted by atomic mass is 9.85. The van der Waals surface area contributed by atoms with E-state index in [1.165, 1.54) is 0 Å². The van der Waals surface area contributed by atoms with E-state index in [9.17, 15) is 4.79 Å². The number of nitrogens with zero attached hydrogens (tertiary/aromatic N) is 4. The highest BCUT2D eigenvalue weighted by molar-refractivity contribution is 5.79. The van der Waals surface area contributed by atoms with Gasteiger partial charge in [-0.25, -0.2) is 4.98 Å². The van der Waals surface area contributed by atoms with Crippen molar-refractivity contribution in [3.63, 3.8) is 0 Å². The fourth-order valence-electron chi connectivity index (χ4n) is 4.13. The number of aromatic nitrogens is 2. The lowest BCUT2D eigenvalue weighted by molar-refractivity contribution is -0.138. The largest absolute Gasteiger partial charge is 0.340 e. The summed E-state index contributed by atoms with van der Waals surface area (Å²) in [6.07, 6.45) is 8.14. The van der Waals surface area contributed by atoms with Crippen LogP contribution < -0.4 is 5.73 Å². The van der Waals surface area contributed by atoms with Crippen LogP contribution in [0.1, 0.15) is 31.4 Å². The van der Waals surface area contributed by atoms with E-state index in [1.54, 1.807) is 0 Å². The van der Waals surface area contributed by atoms with Crippen molar-refractivity contribution in [1.82, 2.24) is 19.2 Å². The Hall–Kier alpha value is -1.92. The average Bonchev–Trinajstić information content (AvgIpc) is 3.04. The van der Waals surface area contributed by atoms with Crippen molar-refractivity contribution >= 4 is 11.6 Å². The highest BCUT2D eigenvalue weighted by atomic mass is 16.2. The minimum absolute atomic E-state index is 0.147. The van der Waals surface area contributed by atoms with Crippen molar-refractivity contribution in [2.45, 2.75) is 38.3 Å². The molecule has 134 valence electrons. The first-order chi connectivity index (χ1) is 12.2. The van der Waals surface area contributed by atoms with Crippen LogP contribution in [0, 0.1) is 5.92 Å². The lowest BCUT2D eigenvalue weighted by Gasteiger charge is -2.37. The smallest absolute Gasteiger partial charge is 0.225 e. The molecular formula is C19H27N5O. The molecule has 2 aromatic rings. The van der Waals surface area contributed by atoms with Crippen molar-refractivity contribution in [3.05, 3.63) is 36.3 Å². The van der Waals surface area contributed by atoms with Crippen molar-refractivity contribution in [1.29, 1.82) is 0 Å². The maximum Gasteiger partial charge on any atom is 0.225 e. The second-order valence-corrected chi connectivity index (χ2v) is 7.42. The molecule has 6 heteroatoms. The summed E-state index contributed by atoms with van der Waals surface area (Å²) in [5.41, 5.74) is 8.12. The van der Waals surface area contributed by atoms with Crippen molar-refractivity contribution < 1.29 is 4.79 Å². The first-order valence-corrected chi connectivity index (χ1v) is 9.38. The van der Waals surface area contributed by atoms with Crippen LogP contribution >= 0.6 is 0 Å². The van der Waals surface area contributed by atoms with Gasteiger partial charge in [-0.1, -0.05) is 12.5 Å². The highest BCUT2D eigenvalue weighted by Gasteiger charge is 2.30. The van der Waals surface area contributed by atoms with Gasteiger partial charge in [0.2, 0.25) is 5.91 Å². The lowest BCUT2D eigenvalue weighted by Crippen LogP contribution is -2.51. The molecule has 2 fully saturated rings. The van der Waals surface area contributed by atoms with Gasteiger partial charge >= 0.3 is 0 Å². The SMILES string of the molecule is N[C@@H]1CCC[C@H](C(=O)N2CCN(Cc3cn4ccccc4n3)CC2)C1. The number of hydrogen-bond acceptors (Lipinski definition) is 4. The topological polar surface area (TPSA) is 66.9 Å². The molecule has 2 N–H and O–H groups in total. The minimum Gasteiger partial charge on any atom is -0.340 e. The number of piperazine rings is 1. The zero-order chi connectivity index (χ0) is 17.2. The van der Waals surface area contributed by atoms with Gasteiger partial charge in [0.05, 0.1) is 5.69 Å². The van der Waals surface area contributed by atoms with E-state index in [0.29, 0.717) is 5.91 Å². The third kappa shape index (κ3) is 3.70. The van der Waals surface area contributed by atoms with E-state index in [4.69, 9.17) is 5.73 Å². The molecule has 0 bridgehead atoms. The molecular weight excluding hydrogens is 314 g/mol. The highest BCUT2D eigenvalue weighted by Crippen LogP contribution is 2.25. The van der Waals surface area contributed by atoms with Gasteiger partial charge in [-0.2, -0.15) is 0 Å². The molecule has 6 nitrogen and oxygen atoms in total. The monoisotopic (exact) mass is 341 g/mol. The molecule has 1 aliphatic carbocycles. The normalized spacial score (nSPS) is 25.4. The zero-order valence-corrected chi connectivity index (χ0v) is 14.7. The van der Waals surface area contributed by atoms with Gasteiger partial charge in [-0.15, -0.1) is 0 Å². The van der Waals surface area contributed by atoms with E-state index >= 15 is 0 Å². The van der Waals surface area contributed by atoms with Gasteiger partial charge in [-0.05, 0) is 31.4 Å². The minimum atomic E-state index is 0.147. The second-order valence-electron chi connectivity index (χ2n) is 7.42. The molecule has 1 saturated carbocycles. The number of amides is 1. The molecule has 4 rings (SSSR count). The van der Waals surface area contributed by atoms with Crippen molar-refractivity contribution in [2.75, 3.05) is 26.2 Å². The van der Waals surface area contributed by atoms with Crippen LogP contribution in [0.4, 0.5) is 0 Å². The average molecular weight is 341 g/mol. The molecule has 2 atom stereocenters. The first-order valence-electron chi connectivity index (χ1n) is 9.38. The van der Waals surface area contributed by atoms with Crippen molar-refractivity contribution in [3.8, 4) is 0 Å². The fourth-order valence-corrected chi connectivity index (χ4v) is 4.13. The molecule has 2 aromatic heterocycles. The standard InChI is InChI=1S/C19H27N5O/c20-16-5-3-4-15(12-16)19(25)23-10-8-22(9-11-23)13-17-14-24-7-2-1-6-18(24)21-17/h1-2,6-7,14-16H,3-5,8-13,20H2/t15-,16+/m0/s1. The van der Waals surface area contributed by atoms with Crippen molar-refractivity contribution in [2.24, 2.45) is 11.7 Å². The number of carbonyl (C=O) groups is 1. The van der Waals surface area contributed by atoms with Gasteiger partial charge in [0.25, 0.3) is 0 Å². The zero-order valence-electron chi connectivity index (χ0n) is 14.7. The van der Waals surface area contributed by atoms with Crippen LogP contribution in [-0.4, -0.2) is 57.3 Å². The maximum atomic E-state index is 12.7. The third-order valence-electron chi connectivity index (χ3n) is 5.55. The molecule has 3 heterocycles. The Labute approximate surface area is 148 Å². The molecule has 25 heavy (non-hydrogen) atoms. The van der Waals surface area contributed by atoms with E-state index < -0.39 is 0 Å². The van der Waals surface area contributed by atoms with Gasteiger partial charge < -0.3 is 15.0 Å². The Morgan fingerprint density at radius 2 is 2.04 bits per heavy atom. The van der Waals surface area contributed by atoms with Gasteiger partial charge in [0, 0.05) is 57.1 Å². The van der Waals surface area contributed by atoms with Crippen LogP contribution in [0.15, 0.2) is 30.6 Å². The van der Waals surface area contributed by atoms with Gasteiger partial charge in [0.1, 0.15) is 5.65 Å². The van der Waals surface area contributed by atoms with E-state index in [0.717, 1.165) is 69.7 Å². The Morgan fingerprint density at radius 3 is 2.80 bits per heavy atom. The Kier molecular flexibility index (Phi) is 4.72. The van der Waals surface area contributed by atoms with Crippen LogP contribution in [0.3, 0.4) is 0 Å². The number of hydrogen-bond donors (Lipinski definition) is 1. The summed E-state index contributed by atoms with van der Waals surface area (Å²) in [6, 6.07) is 6.25. The fraction of sp³-hybridized carbons (Fsp3) is 0.579. The van der Waals surface area contributed by atoms with E-state index in [1.807, 2.05) is 29.3 Å². The molecule has 0 radical (unpaired) electrons. The molecule has 0 aromatic carbocycles. The quantitative estimate of drug-likeness (QED) is 0.919. The summed E-state index contributed by atoms with van der Waals surface area (Å²) >= 11 is 0. The number of rotatable bonds is 3. The van der Waals surface area contributed by atoms with Crippen LogP contribution in [-0.2, 0) is 11.3 Å². The second kappa shape index (κ2) is 7.14. The number of pyridine rings is 1. The molecule has 2 aliphatic rings. The number of nitrogens with two attached hydrogens (primary N) is 1. The summed E-state index contributed by atoms with van der Waals surface area (Å²) < 4.78 is 2.06. The van der Waals surface area contributed by atoms with Gasteiger partial charge in [-0.3, -0.25) is 9.69 Å². The molecule has 0 spiro atoms. The first kappa shape index (κ1) is 16.5. The van der Waals surface area contributed by atoms with Crippen LogP contribution in [0.2, 0.25) is 0 Å². The number of fused-ring (bicyclic) bond motifs is 1. The van der Waals surface area contributed by atoms with Gasteiger partial charge in [0.15, 0.2) is 0 Å². The molecule has 1 amide bonds. The Balaban J connectivity index is 1.31. The summed E-state index contributed by atoms with van der Waals surface area (Å²) in [4.78, 5) is 21.8. The molecule has 1 aliphatic heterocycles. The summed E-state index contributed by atoms with van der Waals surface area (Å²) in [5.74, 6) is 0.469. The van der Waals surface area contributed by atoms with Crippen LogP contribution in [0.5, 0.6) is 0 Å². The van der Waals surface area contributed by atoms with Crippen LogP contribution in [0.25, 0.3) is 5.65 Å². The van der Waals surface area contributed by atoms with E-state index in [-0.39, 0.29) is 12.0 Å². The molecule has 0 unspecified atom stereocenters. The summed E-state index contributed by atoms with van der Waals surface area (Å²) in [7, 11) is 0. The predicted octanol–water partition coefficient (Wildman–Crippen LogP) is 1.50. The van der Waals surface area contributed by atoms with E-state index in [2.05, 4.69) is 20.5 Å². The summed E-state index contributed by atoms with van der Waals surface area (Å²) in [5, 5.41) is 0. The Bertz CT molecular complexity index is 701. The Morgan fingerprint density at radius 1 is 1.20 bits per heavy atom. The maximum absolute atomic E-state index is 12.7.